The number of nitrogens with zero attached hydrogens (tertiary/aromatic N) is 1. The molecule has 0 aromatic carbocycles. The van der Waals surface area contributed by atoms with Crippen molar-refractivity contribution in [3.63, 3.8) is 0 Å². The third-order valence-electron chi connectivity index (χ3n) is 2.44. The van der Waals surface area contributed by atoms with Crippen molar-refractivity contribution < 1.29 is 19.0 Å². The SMILES string of the molecule is CC1(C)OC[C@H](C(O)c2ccc(F)cn2)O1. The maximum absolute atomic E-state index is 12.7. The van der Waals surface area contributed by atoms with Gasteiger partial charge in [0, 0.05) is 0 Å². The summed E-state index contributed by atoms with van der Waals surface area (Å²) in [6.07, 6.45) is -0.296. The summed E-state index contributed by atoms with van der Waals surface area (Å²) in [6.45, 7) is 3.85. The van der Waals surface area contributed by atoms with Crippen LogP contribution < -0.4 is 0 Å². The molecular weight excluding hydrogens is 213 g/mol. The Hall–Kier alpha value is -1.04. The van der Waals surface area contributed by atoms with Crippen molar-refractivity contribution in [2.45, 2.75) is 31.8 Å². The molecule has 2 rings (SSSR count). The molecule has 1 aliphatic heterocycles. The summed E-state index contributed by atoms with van der Waals surface area (Å²) in [6, 6.07) is 2.70. The number of aliphatic hydroxyl groups excluding tert-OH is 1. The highest BCUT2D eigenvalue weighted by Gasteiger charge is 2.37. The average molecular weight is 227 g/mol. The summed E-state index contributed by atoms with van der Waals surface area (Å²) >= 11 is 0. The first-order valence-electron chi connectivity index (χ1n) is 5.09. The number of rotatable bonds is 2. The van der Waals surface area contributed by atoms with Crippen molar-refractivity contribution in [1.29, 1.82) is 0 Å². The van der Waals surface area contributed by atoms with Crippen molar-refractivity contribution in [3.8, 4) is 0 Å². The van der Waals surface area contributed by atoms with Crippen LogP contribution in [0.2, 0.25) is 0 Å². The van der Waals surface area contributed by atoms with E-state index in [1.807, 2.05) is 0 Å². The molecule has 2 atom stereocenters. The molecule has 1 N–H and O–H groups in total. The lowest BCUT2D eigenvalue weighted by Crippen LogP contribution is -2.25. The van der Waals surface area contributed by atoms with Gasteiger partial charge in [-0.05, 0) is 26.0 Å². The van der Waals surface area contributed by atoms with Crippen molar-refractivity contribution in [2.24, 2.45) is 0 Å². The number of aromatic nitrogens is 1. The van der Waals surface area contributed by atoms with Crippen molar-refractivity contribution in [3.05, 3.63) is 29.8 Å². The van der Waals surface area contributed by atoms with Crippen LogP contribution in [0.4, 0.5) is 4.39 Å². The smallest absolute Gasteiger partial charge is 0.163 e. The fourth-order valence-corrected chi connectivity index (χ4v) is 1.62. The van der Waals surface area contributed by atoms with Crippen LogP contribution in [0.5, 0.6) is 0 Å². The molecule has 0 spiro atoms. The summed E-state index contributed by atoms with van der Waals surface area (Å²) in [5.74, 6) is -1.12. The van der Waals surface area contributed by atoms with E-state index >= 15 is 0 Å². The van der Waals surface area contributed by atoms with E-state index in [4.69, 9.17) is 9.47 Å². The molecule has 1 aromatic rings. The Morgan fingerprint density at radius 2 is 2.31 bits per heavy atom. The lowest BCUT2D eigenvalue weighted by Gasteiger charge is -2.20. The lowest BCUT2D eigenvalue weighted by molar-refractivity contribution is -0.151. The van der Waals surface area contributed by atoms with Crippen LogP contribution in [0.25, 0.3) is 0 Å². The molecule has 1 saturated heterocycles. The first kappa shape index (κ1) is 11.4. The Morgan fingerprint density at radius 3 is 2.81 bits per heavy atom. The Morgan fingerprint density at radius 1 is 1.56 bits per heavy atom. The first-order chi connectivity index (χ1) is 7.48. The summed E-state index contributed by atoms with van der Waals surface area (Å²) in [7, 11) is 0. The number of pyridine rings is 1. The van der Waals surface area contributed by atoms with Crippen LogP contribution in [0.3, 0.4) is 0 Å². The molecule has 5 heteroatoms. The summed E-state index contributed by atoms with van der Waals surface area (Å²) < 4.78 is 23.5. The van der Waals surface area contributed by atoms with Crippen molar-refractivity contribution in [2.75, 3.05) is 6.61 Å². The van der Waals surface area contributed by atoms with E-state index in [2.05, 4.69) is 4.98 Å². The van der Waals surface area contributed by atoms with Gasteiger partial charge in [-0.15, -0.1) is 0 Å². The Balaban J connectivity index is 2.08. The van der Waals surface area contributed by atoms with Crippen LogP contribution >= 0.6 is 0 Å². The van der Waals surface area contributed by atoms with Gasteiger partial charge in [0.05, 0.1) is 18.5 Å². The summed E-state index contributed by atoms with van der Waals surface area (Å²) in [5.41, 5.74) is 0.382. The van der Waals surface area contributed by atoms with E-state index in [0.717, 1.165) is 6.20 Å². The Labute approximate surface area is 93.0 Å². The number of ether oxygens (including phenoxy) is 2. The number of aliphatic hydroxyl groups is 1. The average Bonchev–Trinajstić information content (AvgIpc) is 2.59. The second-order valence-corrected chi connectivity index (χ2v) is 4.21. The number of hydrogen-bond donors (Lipinski definition) is 1. The van der Waals surface area contributed by atoms with Crippen molar-refractivity contribution in [1.82, 2.24) is 4.98 Å². The van der Waals surface area contributed by atoms with Gasteiger partial charge in [-0.2, -0.15) is 0 Å². The predicted octanol–water partition coefficient (Wildman–Crippen LogP) is 1.41. The minimum absolute atomic E-state index is 0.299. The third kappa shape index (κ3) is 2.37. The van der Waals surface area contributed by atoms with Gasteiger partial charge in [0.2, 0.25) is 0 Å². The largest absolute Gasteiger partial charge is 0.384 e. The molecule has 0 saturated carbocycles. The Kier molecular flexibility index (Phi) is 2.92. The second-order valence-electron chi connectivity index (χ2n) is 4.21. The normalized spacial score (nSPS) is 25.6. The summed E-state index contributed by atoms with van der Waals surface area (Å²) in [5, 5.41) is 9.95. The zero-order chi connectivity index (χ0) is 11.8. The van der Waals surface area contributed by atoms with Gasteiger partial charge in [-0.25, -0.2) is 4.39 Å². The highest BCUT2D eigenvalue weighted by atomic mass is 19.1. The van der Waals surface area contributed by atoms with E-state index in [0.29, 0.717) is 12.3 Å². The maximum Gasteiger partial charge on any atom is 0.163 e. The van der Waals surface area contributed by atoms with E-state index in [9.17, 15) is 9.50 Å². The van der Waals surface area contributed by atoms with Gasteiger partial charge >= 0.3 is 0 Å². The minimum atomic E-state index is -0.901. The molecule has 0 bridgehead atoms. The fourth-order valence-electron chi connectivity index (χ4n) is 1.62. The molecule has 88 valence electrons. The molecule has 1 unspecified atom stereocenters. The Bertz CT molecular complexity index is 366. The topological polar surface area (TPSA) is 51.6 Å². The van der Waals surface area contributed by atoms with Gasteiger partial charge in [0.25, 0.3) is 0 Å². The van der Waals surface area contributed by atoms with Gasteiger partial charge in [-0.1, -0.05) is 0 Å². The minimum Gasteiger partial charge on any atom is -0.384 e. The lowest BCUT2D eigenvalue weighted by atomic mass is 10.1. The predicted molar refractivity (Wildman–Crippen MR) is 54.1 cm³/mol. The molecule has 1 aromatic heterocycles. The third-order valence-corrected chi connectivity index (χ3v) is 2.44. The van der Waals surface area contributed by atoms with E-state index in [-0.39, 0.29) is 0 Å². The summed E-state index contributed by atoms with van der Waals surface area (Å²) in [4.78, 5) is 3.81. The maximum atomic E-state index is 12.7. The highest BCUT2D eigenvalue weighted by Crippen LogP contribution is 2.29. The van der Waals surface area contributed by atoms with E-state index < -0.39 is 23.8 Å². The van der Waals surface area contributed by atoms with Crippen molar-refractivity contribution >= 4 is 0 Å². The molecule has 1 aliphatic rings. The van der Waals surface area contributed by atoms with E-state index in [1.54, 1.807) is 13.8 Å². The number of halogens is 1. The van der Waals surface area contributed by atoms with E-state index in [1.165, 1.54) is 12.1 Å². The van der Waals surface area contributed by atoms with Crippen LogP contribution in [0.15, 0.2) is 18.3 Å². The molecule has 0 amide bonds. The highest BCUT2D eigenvalue weighted by molar-refractivity contribution is 5.10. The first-order valence-corrected chi connectivity index (χ1v) is 5.09. The molecule has 1 fully saturated rings. The second kappa shape index (κ2) is 4.08. The van der Waals surface area contributed by atoms with Crippen LogP contribution in [-0.2, 0) is 9.47 Å². The monoisotopic (exact) mass is 227 g/mol. The quantitative estimate of drug-likeness (QED) is 0.829. The van der Waals surface area contributed by atoms with Crippen LogP contribution in [-0.4, -0.2) is 28.6 Å². The van der Waals surface area contributed by atoms with Gasteiger partial charge in [0.1, 0.15) is 18.0 Å². The van der Waals surface area contributed by atoms with Crippen LogP contribution in [0.1, 0.15) is 25.6 Å². The van der Waals surface area contributed by atoms with Gasteiger partial charge in [-0.3, -0.25) is 4.98 Å². The molecule has 16 heavy (non-hydrogen) atoms. The molecule has 0 radical (unpaired) electrons. The molecule has 0 aliphatic carbocycles. The van der Waals surface area contributed by atoms with Gasteiger partial charge < -0.3 is 14.6 Å². The zero-order valence-electron chi connectivity index (χ0n) is 9.18. The molecule has 2 heterocycles. The van der Waals surface area contributed by atoms with Gasteiger partial charge in [0.15, 0.2) is 5.79 Å². The zero-order valence-corrected chi connectivity index (χ0v) is 9.18. The standard InChI is InChI=1S/C11H14FNO3/c1-11(2)15-6-9(16-11)10(14)8-4-3-7(12)5-13-8/h3-5,9-10,14H,6H2,1-2H3/t9-,10?/m1/s1. The molecule has 4 nitrogen and oxygen atoms in total. The number of hydrogen-bond acceptors (Lipinski definition) is 4. The fraction of sp³-hybridized carbons (Fsp3) is 0.545. The van der Waals surface area contributed by atoms with Crippen LogP contribution in [0, 0.1) is 5.82 Å². The molecular formula is C11H14FNO3.